The number of amides is 1. The van der Waals surface area contributed by atoms with Crippen LogP contribution < -0.4 is 10.1 Å². The molecule has 0 bridgehead atoms. The molecule has 2 N–H and O–H groups in total. The van der Waals surface area contributed by atoms with Crippen molar-refractivity contribution in [1.82, 2.24) is 5.32 Å². The highest BCUT2D eigenvalue weighted by atomic mass is 16.5. The Morgan fingerprint density at radius 1 is 1.33 bits per heavy atom. The average molecular weight is 291 g/mol. The first-order valence-electron chi connectivity index (χ1n) is 7.23. The largest absolute Gasteiger partial charge is 0.493 e. The van der Waals surface area contributed by atoms with Crippen molar-refractivity contribution in [1.29, 1.82) is 0 Å². The Morgan fingerprint density at radius 2 is 1.95 bits per heavy atom. The van der Waals surface area contributed by atoms with E-state index in [0.29, 0.717) is 17.9 Å². The van der Waals surface area contributed by atoms with Crippen LogP contribution in [-0.2, 0) is 4.79 Å². The van der Waals surface area contributed by atoms with E-state index in [-0.39, 0.29) is 0 Å². The number of carbonyl (C=O) groups is 2. The maximum atomic E-state index is 12.1. The molecule has 1 aliphatic carbocycles. The Balaban J connectivity index is 1.96. The van der Waals surface area contributed by atoms with Gasteiger partial charge < -0.3 is 15.2 Å². The predicted molar refractivity (Wildman–Crippen MR) is 78.5 cm³/mol. The molecule has 1 saturated carbocycles. The van der Waals surface area contributed by atoms with Gasteiger partial charge in [-0.15, -0.1) is 0 Å². The quantitative estimate of drug-likeness (QED) is 0.809. The van der Waals surface area contributed by atoms with Crippen molar-refractivity contribution in [3.63, 3.8) is 0 Å². The van der Waals surface area contributed by atoms with Crippen LogP contribution in [0.15, 0.2) is 24.3 Å². The molecule has 5 nitrogen and oxygen atoms in total. The number of carbonyl (C=O) groups excluding carboxylic acids is 1. The minimum Gasteiger partial charge on any atom is -0.493 e. The molecule has 0 radical (unpaired) electrons. The van der Waals surface area contributed by atoms with E-state index in [1.54, 1.807) is 31.2 Å². The van der Waals surface area contributed by atoms with E-state index < -0.39 is 17.4 Å². The highest BCUT2D eigenvalue weighted by Crippen LogP contribution is 2.29. The molecule has 0 spiro atoms. The normalized spacial score (nSPS) is 16.9. The average Bonchev–Trinajstić information content (AvgIpc) is 3.29. The van der Waals surface area contributed by atoms with Gasteiger partial charge in [0.05, 0.1) is 6.61 Å². The van der Waals surface area contributed by atoms with E-state index in [1.165, 1.54) is 19.8 Å². The summed E-state index contributed by atoms with van der Waals surface area (Å²) in [4.78, 5) is 23.3. The van der Waals surface area contributed by atoms with E-state index >= 15 is 0 Å². The van der Waals surface area contributed by atoms with Crippen molar-refractivity contribution in [3.8, 4) is 5.75 Å². The highest BCUT2D eigenvalue weighted by Gasteiger charge is 2.33. The number of nitrogens with one attached hydrogen (secondary N) is 1. The molecule has 1 aromatic rings. The topological polar surface area (TPSA) is 75.6 Å². The number of benzene rings is 1. The van der Waals surface area contributed by atoms with E-state index in [9.17, 15) is 9.59 Å². The van der Waals surface area contributed by atoms with E-state index in [4.69, 9.17) is 9.84 Å². The molecule has 0 aliphatic heterocycles. The van der Waals surface area contributed by atoms with Gasteiger partial charge in [-0.2, -0.15) is 0 Å². The van der Waals surface area contributed by atoms with Crippen LogP contribution in [0.2, 0.25) is 0 Å². The zero-order chi connectivity index (χ0) is 15.5. The third kappa shape index (κ3) is 3.97. The van der Waals surface area contributed by atoms with Gasteiger partial charge in [0.1, 0.15) is 11.3 Å². The second-order valence-electron chi connectivity index (χ2n) is 5.72. The highest BCUT2D eigenvalue weighted by molar-refractivity contribution is 5.97. The summed E-state index contributed by atoms with van der Waals surface area (Å²) in [7, 11) is 0. The molecule has 1 unspecified atom stereocenters. The van der Waals surface area contributed by atoms with Crippen LogP contribution in [0.25, 0.3) is 0 Å². The molecule has 2 rings (SSSR count). The van der Waals surface area contributed by atoms with Crippen LogP contribution in [0.4, 0.5) is 0 Å². The summed E-state index contributed by atoms with van der Waals surface area (Å²) in [6.07, 6.45) is 2.77. The molecule has 1 aromatic carbocycles. The molecular weight excluding hydrogens is 270 g/mol. The summed E-state index contributed by atoms with van der Waals surface area (Å²) in [5.74, 6) is -0.0260. The zero-order valence-corrected chi connectivity index (χ0v) is 12.4. The van der Waals surface area contributed by atoms with E-state index in [2.05, 4.69) is 5.32 Å². The smallest absolute Gasteiger partial charge is 0.329 e. The molecule has 5 heteroatoms. The van der Waals surface area contributed by atoms with Gasteiger partial charge in [0.25, 0.3) is 5.91 Å². The fourth-order valence-electron chi connectivity index (χ4n) is 1.82. The Hall–Kier alpha value is -2.04. The number of carboxylic acid groups (broad SMARTS) is 1. The molecule has 1 atom stereocenters. The maximum absolute atomic E-state index is 12.1. The number of hydrogen-bond donors (Lipinski definition) is 2. The van der Waals surface area contributed by atoms with E-state index in [1.807, 2.05) is 0 Å². The number of ether oxygens (including phenoxy) is 1. The van der Waals surface area contributed by atoms with Gasteiger partial charge in [-0.25, -0.2) is 4.79 Å². The summed E-state index contributed by atoms with van der Waals surface area (Å²) in [6.45, 7) is 3.95. The standard InChI is InChI=1S/C16H21NO4/c1-3-16(2,15(19)20)17-14(18)12-6-8-13(9-7-12)21-10-11-4-5-11/h6-9,11H,3-5,10H2,1-2H3,(H,17,18)(H,19,20). The lowest BCUT2D eigenvalue weighted by atomic mass is 9.98. The first-order chi connectivity index (χ1) is 9.94. The van der Waals surface area contributed by atoms with Crippen LogP contribution in [0.3, 0.4) is 0 Å². The Labute approximate surface area is 124 Å². The van der Waals surface area contributed by atoms with Crippen LogP contribution in [0.1, 0.15) is 43.5 Å². The summed E-state index contributed by atoms with van der Waals surface area (Å²) in [5, 5.41) is 11.7. The second-order valence-corrected chi connectivity index (χ2v) is 5.72. The fourth-order valence-corrected chi connectivity index (χ4v) is 1.82. The summed E-state index contributed by atoms with van der Waals surface area (Å²) in [6, 6.07) is 6.77. The fraction of sp³-hybridized carbons (Fsp3) is 0.500. The maximum Gasteiger partial charge on any atom is 0.329 e. The van der Waals surface area contributed by atoms with Crippen molar-refractivity contribution in [2.24, 2.45) is 5.92 Å². The van der Waals surface area contributed by atoms with Crippen molar-refractivity contribution in [2.75, 3.05) is 6.61 Å². The van der Waals surface area contributed by atoms with Crippen LogP contribution in [-0.4, -0.2) is 29.1 Å². The van der Waals surface area contributed by atoms with Crippen molar-refractivity contribution in [3.05, 3.63) is 29.8 Å². The van der Waals surface area contributed by atoms with Gasteiger partial charge in [0.15, 0.2) is 0 Å². The van der Waals surface area contributed by atoms with Gasteiger partial charge in [0.2, 0.25) is 0 Å². The third-order valence-electron chi connectivity index (χ3n) is 3.87. The molecule has 0 heterocycles. The Morgan fingerprint density at radius 3 is 2.43 bits per heavy atom. The van der Waals surface area contributed by atoms with Gasteiger partial charge >= 0.3 is 5.97 Å². The lowest BCUT2D eigenvalue weighted by molar-refractivity contribution is -0.143. The molecule has 1 amide bonds. The molecule has 0 aromatic heterocycles. The lowest BCUT2D eigenvalue weighted by Gasteiger charge is -2.24. The number of carboxylic acids is 1. The first-order valence-corrected chi connectivity index (χ1v) is 7.23. The van der Waals surface area contributed by atoms with Crippen molar-refractivity contribution < 1.29 is 19.4 Å². The van der Waals surface area contributed by atoms with Crippen LogP contribution >= 0.6 is 0 Å². The van der Waals surface area contributed by atoms with Gasteiger partial charge in [-0.3, -0.25) is 4.79 Å². The molecule has 0 saturated heterocycles. The first kappa shape index (κ1) is 15.4. The summed E-state index contributed by atoms with van der Waals surface area (Å²) < 4.78 is 5.60. The van der Waals surface area contributed by atoms with Crippen molar-refractivity contribution >= 4 is 11.9 Å². The molecule has 21 heavy (non-hydrogen) atoms. The lowest BCUT2D eigenvalue weighted by Crippen LogP contribution is -2.51. The van der Waals surface area contributed by atoms with Crippen LogP contribution in [0.5, 0.6) is 5.75 Å². The minimum atomic E-state index is -1.25. The molecule has 114 valence electrons. The monoisotopic (exact) mass is 291 g/mol. The van der Waals surface area contributed by atoms with Crippen molar-refractivity contribution in [2.45, 2.75) is 38.6 Å². The minimum absolute atomic E-state index is 0.316. The summed E-state index contributed by atoms with van der Waals surface area (Å²) in [5.41, 5.74) is -0.826. The third-order valence-corrected chi connectivity index (χ3v) is 3.87. The Bertz CT molecular complexity index is 522. The number of aliphatic carboxylic acids is 1. The number of rotatable bonds is 7. The van der Waals surface area contributed by atoms with Crippen LogP contribution in [0, 0.1) is 5.92 Å². The Kier molecular flexibility index (Phi) is 4.50. The molecular formula is C16H21NO4. The van der Waals surface area contributed by atoms with E-state index in [0.717, 1.165) is 12.4 Å². The zero-order valence-electron chi connectivity index (χ0n) is 12.4. The molecule has 1 fully saturated rings. The second kappa shape index (κ2) is 6.16. The van der Waals surface area contributed by atoms with Gasteiger partial charge in [-0.1, -0.05) is 6.92 Å². The predicted octanol–water partition coefficient (Wildman–Crippen LogP) is 2.46. The van der Waals surface area contributed by atoms with Gasteiger partial charge in [0, 0.05) is 5.56 Å². The SMILES string of the molecule is CCC(C)(NC(=O)c1ccc(OCC2CC2)cc1)C(=O)O. The summed E-state index contributed by atoms with van der Waals surface area (Å²) >= 11 is 0. The molecule has 1 aliphatic rings. The number of hydrogen-bond acceptors (Lipinski definition) is 3. The van der Waals surface area contributed by atoms with Gasteiger partial charge in [-0.05, 0) is 56.4 Å².